The van der Waals surface area contributed by atoms with Crippen molar-refractivity contribution in [3.05, 3.63) is 53.8 Å². The third-order valence-corrected chi connectivity index (χ3v) is 3.68. The Bertz CT molecular complexity index is 994. The number of aromatic nitrogens is 1. The summed E-state index contributed by atoms with van der Waals surface area (Å²) in [4.78, 5) is 11.9. The zero-order valence-corrected chi connectivity index (χ0v) is 12.7. The minimum absolute atomic E-state index is 0.148. The first kappa shape index (κ1) is 15.2. The summed E-state index contributed by atoms with van der Waals surface area (Å²) in [5.41, 5.74) is 1.24. The third kappa shape index (κ3) is 3.21. The minimum atomic E-state index is -3.66. The van der Waals surface area contributed by atoms with Crippen LogP contribution in [0.3, 0.4) is 0 Å². The third-order valence-electron chi connectivity index (χ3n) is 3.12. The molecule has 1 N–H and O–H groups in total. The Labute approximate surface area is 131 Å². The number of hydrogen-bond donors (Lipinski definition) is 1. The van der Waals surface area contributed by atoms with E-state index in [1.165, 1.54) is 36.4 Å². The smallest absolute Gasteiger partial charge is 0.264 e. The number of sulfonamides is 1. The van der Waals surface area contributed by atoms with E-state index in [1.807, 2.05) is 4.72 Å². The largest absolute Gasteiger partial charge is 0.355 e. The van der Waals surface area contributed by atoms with Gasteiger partial charge in [0.25, 0.3) is 5.91 Å². The Balaban J connectivity index is 2.07. The summed E-state index contributed by atoms with van der Waals surface area (Å²) in [5, 5.41) is 4.40. The van der Waals surface area contributed by atoms with Crippen molar-refractivity contribution in [2.75, 3.05) is 6.26 Å². The molecule has 0 bridgehead atoms. The second kappa shape index (κ2) is 5.47. The molecule has 0 unspecified atom stereocenters. The number of hydrogen-bond acceptors (Lipinski definition) is 5. The standard InChI is InChI=1S/C15H11FN2O4S/c1-23(20,21)18-15(19)10-4-7-13-12(8-10)14(22-17-13)9-2-5-11(16)6-3-9/h2-8H,1H3,(H,18,19). The van der Waals surface area contributed by atoms with Gasteiger partial charge in [-0.25, -0.2) is 17.5 Å². The van der Waals surface area contributed by atoms with Crippen LogP contribution < -0.4 is 4.72 Å². The molecule has 1 heterocycles. The first-order valence-corrected chi connectivity index (χ1v) is 8.40. The first-order valence-electron chi connectivity index (χ1n) is 6.51. The fourth-order valence-electron chi connectivity index (χ4n) is 2.12. The van der Waals surface area contributed by atoms with Crippen LogP contribution >= 0.6 is 0 Å². The lowest BCUT2D eigenvalue weighted by Crippen LogP contribution is -2.29. The molecule has 1 aromatic heterocycles. The van der Waals surface area contributed by atoms with Gasteiger partial charge in [-0.3, -0.25) is 4.79 Å². The maximum atomic E-state index is 13.0. The normalized spacial score (nSPS) is 11.6. The molecule has 0 radical (unpaired) electrons. The number of carbonyl (C=O) groups is 1. The lowest BCUT2D eigenvalue weighted by atomic mass is 10.1. The average Bonchev–Trinajstić information content (AvgIpc) is 2.89. The average molecular weight is 334 g/mol. The summed E-state index contributed by atoms with van der Waals surface area (Å²) < 4.78 is 42.5. The molecule has 0 fully saturated rings. The fraction of sp³-hybridized carbons (Fsp3) is 0.0667. The van der Waals surface area contributed by atoms with Gasteiger partial charge in [-0.1, -0.05) is 5.16 Å². The van der Waals surface area contributed by atoms with Crippen molar-refractivity contribution in [2.24, 2.45) is 0 Å². The van der Waals surface area contributed by atoms with Gasteiger partial charge in [0.1, 0.15) is 11.3 Å². The molecular weight excluding hydrogens is 323 g/mol. The highest BCUT2D eigenvalue weighted by molar-refractivity contribution is 7.89. The van der Waals surface area contributed by atoms with Gasteiger partial charge in [0.15, 0.2) is 5.76 Å². The van der Waals surface area contributed by atoms with Gasteiger partial charge >= 0.3 is 0 Å². The zero-order chi connectivity index (χ0) is 16.6. The van der Waals surface area contributed by atoms with Gasteiger partial charge in [0, 0.05) is 11.1 Å². The first-order chi connectivity index (χ1) is 10.8. The van der Waals surface area contributed by atoms with Gasteiger partial charge in [-0.15, -0.1) is 0 Å². The van der Waals surface area contributed by atoms with E-state index in [0.717, 1.165) is 6.26 Å². The monoisotopic (exact) mass is 334 g/mol. The number of fused-ring (bicyclic) bond motifs is 1. The molecule has 0 aliphatic heterocycles. The molecule has 0 saturated carbocycles. The second-order valence-electron chi connectivity index (χ2n) is 4.95. The molecule has 2 aromatic carbocycles. The Kier molecular flexibility index (Phi) is 3.61. The number of carbonyl (C=O) groups excluding carboxylic acids is 1. The Morgan fingerprint density at radius 1 is 1.17 bits per heavy atom. The molecule has 0 aliphatic rings. The van der Waals surface area contributed by atoms with Crippen LogP contribution in [0.25, 0.3) is 22.2 Å². The van der Waals surface area contributed by atoms with Crippen molar-refractivity contribution in [2.45, 2.75) is 0 Å². The van der Waals surface area contributed by atoms with E-state index in [0.29, 0.717) is 22.2 Å². The van der Waals surface area contributed by atoms with Crippen LogP contribution in [0, 0.1) is 5.82 Å². The van der Waals surface area contributed by atoms with Crippen molar-refractivity contribution in [1.82, 2.24) is 9.88 Å². The molecule has 1 amide bonds. The lowest BCUT2D eigenvalue weighted by Gasteiger charge is -2.03. The van der Waals surface area contributed by atoms with Crippen molar-refractivity contribution >= 4 is 26.8 Å². The van der Waals surface area contributed by atoms with Crippen molar-refractivity contribution in [3.8, 4) is 11.3 Å². The van der Waals surface area contributed by atoms with Crippen LogP contribution in [0.1, 0.15) is 10.4 Å². The van der Waals surface area contributed by atoms with Crippen LogP contribution in [0.15, 0.2) is 47.0 Å². The summed E-state index contributed by atoms with van der Waals surface area (Å²) >= 11 is 0. The quantitative estimate of drug-likeness (QED) is 0.794. The predicted octanol–water partition coefficient (Wildman–Crippen LogP) is 2.32. The second-order valence-corrected chi connectivity index (χ2v) is 6.70. The highest BCUT2D eigenvalue weighted by Crippen LogP contribution is 2.29. The highest BCUT2D eigenvalue weighted by atomic mass is 32.2. The van der Waals surface area contributed by atoms with Crippen LogP contribution in [0.5, 0.6) is 0 Å². The van der Waals surface area contributed by atoms with E-state index in [-0.39, 0.29) is 11.4 Å². The van der Waals surface area contributed by atoms with Crippen LogP contribution in [0.2, 0.25) is 0 Å². The Hall–Kier alpha value is -2.74. The molecule has 6 nitrogen and oxygen atoms in total. The molecular formula is C15H11FN2O4S. The molecule has 0 saturated heterocycles. The molecule has 0 aliphatic carbocycles. The van der Waals surface area contributed by atoms with Gasteiger partial charge in [-0.2, -0.15) is 0 Å². The van der Waals surface area contributed by atoms with E-state index >= 15 is 0 Å². The van der Waals surface area contributed by atoms with Gasteiger partial charge in [0.2, 0.25) is 10.0 Å². The lowest BCUT2D eigenvalue weighted by molar-refractivity contribution is 0.0982. The van der Waals surface area contributed by atoms with Crippen LogP contribution in [-0.4, -0.2) is 25.7 Å². The number of amides is 1. The highest BCUT2D eigenvalue weighted by Gasteiger charge is 2.16. The summed E-state index contributed by atoms with van der Waals surface area (Å²) in [6.07, 6.45) is 0.896. The number of benzene rings is 2. The molecule has 0 spiro atoms. The summed E-state index contributed by atoms with van der Waals surface area (Å²) in [7, 11) is -3.66. The van der Waals surface area contributed by atoms with E-state index in [4.69, 9.17) is 4.52 Å². The summed E-state index contributed by atoms with van der Waals surface area (Å²) in [5.74, 6) is -0.763. The van der Waals surface area contributed by atoms with E-state index in [1.54, 1.807) is 6.07 Å². The fourth-order valence-corrected chi connectivity index (χ4v) is 2.57. The number of rotatable bonds is 3. The summed E-state index contributed by atoms with van der Waals surface area (Å²) in [6, 6.07) is 10.1. The molecule has 23 heavy (non-hydrogen) atoms. The van der Waals surface area contributed by atoms with Gasteiger partial charge < -0.3 is 4.52 Å². The number of halogens is 1. The number of nitrogens with zero attached hydrogens (tertiary/aromatic N) is 1. The summed E-state index contributed by atoms with van der Waals surface area (Å²) in [6.45, 7) is 0. The maximum absolute atomic E-state index is 13.0. The molecule has 0 atom stereocenters. The van der Waals surface area contributed by atoms with E-state index in [2.05, 4.69) is 5.16 Å². The van der Waals surface area contributed by atoms with E-state index < -0.39 is 15.9 Å². The van der Waals surface area contributed by atoms with Crippen LogP contribution in [-0.2, 0) is 10.0 Å². The molecule has 3 aromatic rings. The Morgan fingerprint density at radius 2 is 1.87 bits per heavy atom. The van der Waals surface area contributed by atoms with Crippen molar-refractivity contribution < 1.29 is 22.1 Å². The maximum Gasteiger partial charge on any atom is 0.264 e. The van der Waals surface area contributed by atoms with E-state index in [9.17, 15) is 17.6 Å². The molecule has 8 heteroatoms. The Morgan fingerprint density at radius 3 is 2.52 bits per heavy atom. The number of nitrogens with one attached hydrogen (secondary N) is 1. The minimum Gasteiger partial charge on any atom is -0.355 e. The SMILES string of the molecule is CS(=O)(=O)NC(=O)c1ccc2noc(-c3ccc(F)cc3)c2c1. The zero-order valence-electron chi connectivity index (χ0n) is 11.9. The predicted molar refractivity (Wildman–Crippen MR) is 81.7 cm³/mol. The topological polar surface area (TPSA) is 89.3 Å². The molecule has 118 valence electrons. The van der Waals surface area contributed by atoms with Gasteiger partial charge in [-0.05, 0) is 42.5 Å². The van der Waals surface area contributed by atoms with Crippen molar-refractivity contribution in [1.29, 1.82) is 0 Å². The van der Waals surface area contributed by atoms with Crippen molar-refractivity contribution in [3.63, 3.8) is 0 Å². The molecule has 3 rings (SSSR count). The van der Waals surface area contributed by atoms with Crippen LogP contribution in [0.4, 0.5) is 4.39 Å². The van der Waals surface area contributed by atoms with Gasteiger partial charge in [0.05, 0.1) is 11.6 Å².